The smallest absolute Gasteiger partial charge is 0.329 e. The van der Waals surface area contributed by atoms with Crippen LogP contribution in [-0.4, -0.2) is 31.1 Å². The van der Waals surface area contributed by atoms with Crippen LogP contribution < -0.4 is 10.0 Å². The van der Waals surface area contributed by atoms with Gasteiger partial charge in [0.15, 0.2) is 0 Å². The second-order valence-electron chi connectivity index (χ2n) is 5.54. The predicted octanol–water partition coefficient (Wildman–Crippen LogP) is 1.79. The van der Waals surface area contributed by atoms with Gasteiger partial charge < -0.3 is 10.4 Å². The average Bonchev–Trinajstić information content (AvgIpc) is 3.22. The van der Waals surface area contributed by atoms with Crippen molar-refractivity contribution < 1.29 is 18.3 Å². The minimum absolute atomic E-state index is 0.0585. The topological polar surface area (TPSA) is 95.5 Å². The number of carboxylic acid groups (broad SMARTS) is 1. The number of aliphatic carboxylic acids is 1. The van der Waals surface area contributed by atoms with Gasteiger partial charge >= 0.3 is 5.97 Å². The number of nitrogens with one attached hydrogen (secondary N) is 2. The first-order valence-corrected chi connectivity index (χ1v) is 8.39. The van der Waals surface area contributed by atoms with Gasteiger partial charge in [0.1, 0.15) is 5.54 Å². The molecule has 1 atom stereocenters. The van der Waals surface area contributed by atoms with Crippen molar-refractivity contribution in [3.05, 3.63) is 24.3 Å². The third-order valence-electron chi connectivity index (χ3n) is 3.66. The maximum Gasteiger partial charge on any atom is 0.329 e. The van der Waals surface area contributed by atoms with Crippen molar-refractivity contribution in [2.45, 2.75) is 49.6 Å². The molecule has 1 aromatic rings. The van der Waals surface area contributed by atoms with Gasteiger partial charge in [-0.2, -0.15) is 0 Å². The van der Waals surface area contributed by atoms with Crippen LogP contribution in [0.3, 0.4) is 0 Å². The Hall–Kier alpha value is -1.60. The minimum Gasteiger partial charge on any atom is -0.480 e. The van der Waals surface area contributed by atoms with E-state index in [-0.39, 0.29) is 10.9 Å². The number of hydrogen-bond acceptors (Lipinski definition) is 4. The van der Waals surface area contributed by atoms with Gasteiger partial charge in [-0.05, 0) is 50.5 Å². The molecule has 0 bridgehead atoms. The first-order chi connectivity index (χ1) is 9.77. The van der Waals surface area contributed by atoms with E-state index in [1.807, 2.05) is 0 Å². The number of carbonyl (C=O) groups is 1. The Morgan fingerprint density at radius 3 is 2.33 bits per heavy atom. The van der Waals surface area contributed by atoms with Crippen molar-refractivity contribution in [2.24, 2.45) is 0 Å². The van der Waals surface area contributed by atoms with Gasteiger partial charge in [0.05, 0.1) is 4.90 Å². The van der Waals surface area contributed by atoms with Crippen LogP contribution in [0.15, 0.2) is 29.2 Å². The van der Waals surface area contributed by atoms with E-state index >= 15 is 0 Å². The zero-order valence-corrected chi connectivity index (χ0v) is 12.9. The van der Waals surface area contributed by atoms with Gasteiger partial charge in [0.2, 0.25) is 10.0 Å². The van der Waals surface area contributed by atoms with Crippen LogP contribution in [0.5, 0.6) is 0 Å². The molecule has 116 valence electrons. The lowest BCUT2D eigenvalue weighted by Gasteiger charge is -2.26. The molecule has 21 heavy (non-hydrogen) atoms. The third kappa shape index (κ3) is 3.74. The summed E-state index contributed by atoms with van der Waals surface area (Å²) in [5, 5.41) is 12.1. The maximum atomic E-state index is 12.0. The lowest BCUT2D eigenvalue weighted by Crippen LogP contribution is -2.42. The van der Waals surface area contributed by atoms with E-state index in [2.05, 4.69) is 10.0 Å². The molecular weight excluding hydrogens is 292 g/mol. The molecule has 0 spiro atoms. The van der Waals surface area contributed by atoms with Crippen LogP contribution in [0.2, 0.25) is 0 Å². The zero-order valence-electron chi connectivity index (χ0n) is 12.1. The third-order valence-corrected chi connectivity index (χ3v) is 5.20. The summed E-state index contributed by atoms with van der Waals surface area (Å²) in [5.74, 6) is -0.947. The fourth-order valence-electron chi connectivity index (χ4n) is 1.82. The number of anilines is 1. The highest BCUT2D eigenvalue weighted by Crippen LogP contribution is 2.24. The van der Waals surface area contributed by atoms with Crippen LogP contribution in [0.1, 0.15) is 33.1 Å². The highest BCUT2D eigenvalue weighted by atomic mass is 32.2. The number of hydrogen-bond donors (Lipinski definition) is 3. The molecule has 3 N–H and O–H groups in total. The molecular formula is C14H20N2O4S. The van der Waals surface area contributed by atoms with Crippen molar-refractivity contribution in [3.63, 3.8) is 0 Å². The summed E-state index contributed by atoms with van der Waals surface area (Å²) in [5.41, 5.74) is -0.501. The Kier molecular flexibility index (Phi) is 4.25. The largest absolute Gasteiger partial charge is 0.480 e. The molecule has 0 heterocycles. The van der Waals surface area contributed by atoms with E-state index in [1.165, 1.54) is 12.1 Å². The van der Waals surface area contributed by atoms with Crippen molar-refractivity contribution >= 4 is 21.7 Å². The Bertz CT molecular complexity index is 623. The first kappa shape index (κ1) is 15.8. The SMILES string of the molecule is CCC(C)(Nc1ccc(S(=O)(=O)NC2CC2)cc1)C(=O)O. The molecule has 0 saturated heterocycles. The molecule has 1 saturated carbocycles. The maximum absolute atomic E-state index is 12.0. The molecule has 2 rings (SSSR count). The Morgan fingerprint density at radius 2 is 1.90 bits per heavy atom. The standard InChI is InChI=1S/C14H20N2O4S/c1-3-14(2,13(17)18)15-10-6-8-12(9-7-10)21(19,20)16-11-4-5-11/h6-9,11,15-16H,3-5H2,1-2H3,(H,17,18). The van der Waals surface area contributed by atoms with Crippen LogP contribution in [-0.2, 0) is 14.8 Å². The van der Waals surface area contributed by atoms with Crippen molar-refractivity contribution in [1.29, 1.82) is 0 Å². The van der Waals surface area contributed by atoms with Crippen molar-refractivity contribution in [3.8, 4) is 0 Å². The van der Waals surface area contributed by atoms with Crippen molar-refractivity contribution in [2.75, 3.05) is 5.32 Å². The summed E-state index contributed by atoms with van der Waals surface area (Å²) in [7, 11) is -3.47. The summed E-state index contributed by atoms with van der Waals surface area (Å²) in [6.07, 6.45) is 2.17. The lowest BCUT2D eigenvalue weighted by molar-refractivity contribution is -0.141. The quantitative estimate of drug-likeness (QED) is 0.713. The molecule has 1 aliphatic carbocycles. The fourth-order valence-corrected chi connectivity index (χ4v) is 3.12. The number of rotatable bonds is 7. The zero-order chi connectivity index (χ0) is 15.7. The monoisotopic (exact) mass is 312 g/mol. The van der Waals surface area contributed by atoms with E-state index in [0.29, 0.717) is 12.1 Å². The second kappa shape index (κ2) is 5.65. The van der Waals surface area contributed by atoms with Gasteiger partial charge in [-0.25, -0.2) is 17.9 Å². The normalized spacial score (nSPS) is 18.0. The van der Waals surface area contributed by atoms with Crippen LogP contribution in [0, 0.1) is 0 Å². The Morgan fingerprint density at radius 1 is 1.33 bits per heavy atom. The number of benzene rings is 1. The van der Waals surface area contributed by atoms with Gasteiger partial charge in [-0.3, -0.25) is 0 Å². The number of carboxylic acids is 1. The first-order valence-electron chi connectivity index (χ1n) is 6.91. The van der Waals surface area contributed by atoms with Crippen molar-refractivity contribution in [1.82, 2.24) is 4.72 Å². The summed E-state index contributed by atoms with van der Waals surface area (Å²) in [6.45, 7) is 3.37. The predicted molar refractivity (Wildman–Crippen MR) is 79.7 cm³/mol. The van der Waals surface area contributed by atoms with Gasteiger partial charge in [0.25, 0.3) is 0 Å². The van der Waals surface area contributed by atoms with E-state index in [4.69, 9.17) is 0 Å². The van der Waals surface area contributed by atoms with E-state index < -0.39 is 21.5 Å². The Balaban J connectivity index is 2.13. The molecule has 1 unspecified atom stereocenters. The van der Waals surface area contributed by atoms with Crippen LogP contribution >= 0.6 is 0 Å². The van der Waals surface area contributed by atoms with Crippen LogP contribution in [0.25, 0.3) is 0 Å². The van der Waals surface area contributed by atoms with Crippen LogP contribution in [0.4, 0.5) is 5.69 Å². The molecule has 7 heteroatoms. The summed E-state index contributed by atoms with van der Waals surface area (Å²) < 4.78 is 26.6. The fraction of sp³-hybridized carbons (Fsp3) is 0.500. The van der Waals surface area contributed by atoms with E-state index in [0.717, 1.165) is 12.8 Å². The molecule has 0 amide bonds. The van der Waals surface area contributed by atoms with E-state index in [9.17, 15) is 18.3 Å². The van der Waals surface area contributed by atoms with Gasteiger partial charge in [-0.1, -0.05) is 6.92 Å². The Labute approximate surface area is 124 Å². The minimum atomic E-state index is -3.47. The molecule has 0 aliphatic heterocycles. The van der Waals surface area contributed by atoms with Gasteiger partial charge in [0, 0.05) is 11.7 Å². The van der Waals surface area contributed by atoms with Gasteiger partial charge in [-0.15, -0.1) is 0 Å². The highest BCUT2D eigenvalue weighted by Gasteiger charge is 2.31. The molecule has 1 fully saturated rings. The summed E-state index contributed by atoms with van der Waals surface area (Å²) in [6, 6.07) is 6.18. The molecule has 1 aromatic carbocycles. The summed E-state index contributed by atoms with van der Waals surface area (Å²) >= 11 is 0. The highest BCUT2D eigenvalue weighted by molar-refractivity contribution is 7.89. The molecule has 0 aromatic heterocycles. The second-order valence-corrected chi connectivity index (χ2v) is 7.25. The molecule has 0 radical (unpaired) electrons. The lowest BCUT2D eigenvalue weighted by atomic mass is 9.99. The molecule has 1 aliphatic rings. The number of sulfonamides is 1. The average molecular weight is 312 g/mol. The van der Waals surface area contributed by atoms with E-state index in [1.54, 1.807) is 26.0 Å². The summed E-state index contributed by atoms with van der Waals surface area (Å²) in [4.78, 5) is 11.4. The molecule has 6 nitrogen and oxygen atoms in total.